The van der Waals surface area contributed by atoms with Crippen LogP contribution in [0.1, 0.15) is 11.1 Å². The van der Waals surface area contributed by atoms with Crippen LogP contribution in [0.3, 0.4) is 0 Å². The van der Waals surface area contributed by atoms with Gasteiger partial charge in [-0.1, -0.05) is 0 Å². The third kappa shape index (κ3) is 1.33. The molecule has 2 aromatic rings. The van der Waals surface area contributed by atoms with Crippen molar-refractivity contribution in [3.05, 3.63) is 47.5 Å². The Morgan fingerprint density at radius 1 is 1.12 bits per heavy atom. The second kappa shape index (κ2) is 3.70. The van der Waals surface area contributed by atoms with Gasteiger partial charge < -0.3 is 0 Å². The maximum absolute atomic E-state index is 5.47. The van der Waals surface area contributed by atoms with Crippen molar-refractivity contribution in [1.82, 2.24) is 0 Å². The number of fused-ring (bicyclic) bond motifs is 3. The molecule has 0 heterocycles. The summed E-state index contributed by atoms with van der Waals surface area (Å²) in [7, 11) is 1.74. The normalized spacial score (nSPS) is 12.2. The number of hydrogen-bond acceptors (Lipinski definition) is 1. The predicted octanol–water partition coefficient (Wildman–Crippen LogP) is 2.06. The number of rotatable bonds is 1. The molecule has 0 radical (unpaired) electrons. The first-order chi connectivity index (χ1) is 7.81. The van der Waals surface area contributed by atoms with Crippen LogP contribution in [-0.4, -0.2) is 24.8 Å². The predicted molar refractivity (Wildman–Crippen MR) is 66.6 cm³/mol. The summed E-state index contributed by atoms with van der Waals surface area (Å²) in [5, 5.41) is 0. The minimum absolute atomic E-state index is 0.991. The van der Waals surface area contributed by atoms with Gasteiger partial charge in [-0.05, 0) is 0 Å². The van der Waals surface area contributed by atoms with Crippen molar-refractivity contribution in [3.8, 4) is 16.9 Å². The van der Waals surface area contributed by atoms with Crippen LogP contribution in [-0.2, 0) is 6.42 Å². The standard InChI is InChI=1S/C14H11O.Li/c1-15-13-8-4-6-11-9-10-5-2-3-7-12(10)14(11)13;/h2-5,7-8H,9H2,1H3;. The van der Waals surface area contributed by atoms with Crippen molar-refractivity contribution in [2.45, 2.75) is 6.42 Å². The van der Waals surface area contributed by atoms with E-state index in [0.717, 1.165) is 12.2 Å². The van der Waals surface area contributed by atoms with Gasteiger partial charge in [-0.15, -0.1) is 0 Å². The van der Waals surface area contributed by atoms with Crippen LogP contribution >= 0.6 is 0 Å². The molecule has 3 rings (SSSR count). The molecule has 0 atom stereocenters. The zero-order chi connectivity index (χ0) is 11.1. The van der Waals surface area contributed by atoms with Crippen molar-refractivity contribution in [3.63, 3.8) is 0 Å². The third-order valence-corrected chi connectivity index (χ3v) is 3.38. The quantitative estimate of drug-likeness (QED) is 0.549. The molecule has 0 amide bonds. The van der Waals surface area contributed by atoms with E-state index in [-0.39, 0.29) is 0 Å². The Hall–Kier alpha value is -1.16. The monoisotopic (exact) mass is 202 g/mol. The molecule has 0 aromatic heterocycles. The van der Waals surface area contributed by atoms with Crippen LogP contribution < -0.4 is 8.97 Å². The molecule has 2 heteroatoms. The fraction of sp³-hybridized carbons (Fsp3) is 0.143. The molecule has 1 aliphatic rings. The molecule has 16 heavy (non-hydrogen) atoms. The Labute approximate surface area is 105 Å². The van der Waals surface area contributed by atoms with Gasteiger partial charge in [0, 0.05) is 0 Å². The third-order valence-electron chi connectivity index (χ3n) is 3.38. The van der Waals surface area contributed by atoms with E-state index in [1.54, 1.807) is 7.11 Å². The number of hydrogen-bond donors (Lipinski definition) is 0. The summed E-state index contributed by atoms with van der Waals surface area (Å²) in [6.07, 6.45) is 1.04. The van der Waals surface area contributed by atoms with Crippen molar-refractivity contribution < 1.29 is 4.74 Å². The van der Waals surface area contributed by atoms with Crippen LogP contribution in [0.15, 0.2) is 36.4 Å². The fourth-order valence-corrected chi connectivity index (χ4v) is 2.53. The molecule has 0 N–H and O–H groups in total. The van der Waals surface area contributed by atoms with Crippen LogP contribution in [0.5, 0.6) is 5.75 Å². The van der Waals surface area contributed by atoms with Crippen LogP contribution in [0.2, 0.25) is 0 Å². The van der Waals surface area contributed by atoms with Crippen molar-refractivity contribution in [1.29, 1.82) is 0 Å². The van der Waals surface area contributed by atoms with E-state index in [2.05, 4.69) is 54.1 Å². The zero-order valence-electron chi connectivity index (χ0n) is 9.58. The summed E-state index contributed by atoms with van der Waals surface area (Å²) >= 11 is 2.17. The Morgan fingerprint density at radius 3 is 2.75 bits per heavy atom. The SMILES string of the molecule is [Li][c]1ccc(OC)c2c1Cc1ccccc1-2. The first-order valence-corrected chi connectivity index (χ1v) is 5.56. The van der Waals surface area contributed by atoms with E-state index in [1.807, 2.05) is 0 Å². The van der Waals surface area contributed by atoms with Crippen molar-refractivity contribution in [2.24, 2.45) is 0 Å². The second-order valence-corrected chi connectivity index (χ2v) is 4.27. The molecule has 2 aromatic carbocycles. The summed E-state index contributed by atoms with van der Waals surface area (Å²) in [4.78, 5) is 0. The van der Waals surface area contributed by atoms with Crippen LogP contribution in [0, 0.1) is 0 Å². The molecule has 0 aliphatic heterocycles. The molecule has 1 nitrogen and oxygen atoms in total. The van der Waals surface area contributed by atoms with Crippen LogP contribution in [0.25, 0.3) is 11.1 Å². The average Bonchev–Trinajstić information content (AvgIpc) is 2.70. The first-order valence-electron chi connectivity index (χ1n) is 5.56. The van der Waals surface area contributed by atoms with E-state index in [1.165, 1.54) is 26.5 Å². The summed E-state index contributed by atoms with van der Waals surface area (Å²) in [5.74, 6) is 0.991. The Morgan fingerprint density at radius 2 is 1.94 bits per heavy atom. The number of methoxy groups -OCH3 is 1. The topological polar surface area (TPSA) is 9.23 Å². The van der Waals surface area contributed by atoms with Gasteiger partial charge in [0.25, 0.3) is 0 Å². The van der Waals surface area contributed by atoms with Gasteiger partial charge in [0.1, 0.15) is 0 Å². The Balaban J connectivity index is 2.33. The second-order valence-electron chi connectivity index (χ2n) is 4.27. The van der Waals surface area contributed by atoms with E-state index in [4.69, 9.17) is 4.74 Å². The molecule has 0 saturated carbocycles. The van der Waals surface area contributed by atoms with Gasteiger partial charge in [0.05, 0.1) is 0 Å². The summed E-state index contributed by atoms with van der Waals surface area (Å²) < 4.78 is 6.82. The molecular weight excluding hydrogens is 191 g/mol. The van der Waals surface area contributed by atoms with Crippen molar-refractivity contribution in [2.75, 3.05) is 7.11 Å². The van der Waals surface area contributed by atoms with E-state index >= 15 is 0 Å². The van der Waals surface area contributed by atoms with E-state index in [0.29, 0.717) is 0 Å². The molecule has 0 spiro atoms. The van der Waals surface area contributed by atoms with Gasteiger partial charge in [0.2, 0.25) is 0 Å². The molecule has 74 valence electrons. The van der Waals surface area contributed by atoms with Gasteiger partial charge in [0.15, 0.2) is 0 Å². The number of ether oxygens (including phenoxy) is 1. The molecule has 0 saturated heterocycles. The molecule has 0 bridgehead atoms. The summed E-state index contributed by atoms with van der Waals surface area (Å²) in [6.45, 7) is 0. The van der Waals surface area contributed by atoms with Crippen molar-refractivity contribution >= 4 is 22.0 Å². The van der Waals surface area contributed by atoms with Gasteiger partial charge in [-0.25, -0.2) is 0 Å². The number of benzene rings is 2. The molecule has 1 aliphatic carbocycles. The summed E-state index contributed by atoms with van der Waals surface area (Å²) in [6, 6.07) is 12.8. The minimum atomic E-state index is 0.991. The molecule has 0 unspecified atom stereocenters. The maximum atomic E-state index is 5.47. The fourth-order valence-electron chi connectivity index (χ4n) is 2.53. The zero-order valence-corrected chi connectivity index (χ0v) is 9.58. The van der Waals surface area contributed by atoms with E-state index in [9.17, 15) is 0 Å². The average molecular weight is 202 g/mol. The van der Waals surface area contributed by atoms with Gasteiger partial charge in [-0.3, -0.25) is 0 Å². The van der Waals surface area contributed by atoms with Gasteiger partial charge >= 0.3 is 105 Å². The molecule has 0 fully saturated rings. The van der Waals surface area contributed by atoms with Gasteiger partial charge in [-0.2, -0.15) is 0 Å². The Kier molecular flexibility index (Phi) is 2.32. The Bertz CT molecular complexity index is 561. The van der Waals surface area contributed by atoms with E-state index < -0.39 is 0 Å². The molecular formula is C14H11LiO. The first kappa shape index (κ1) is 10.0. The van der Waals surface area contributed by atoms with Crippen LogP contribution in [0.4, 0.5) is 0 Å². The summed E-state index contributed by atoms with van der Waals surface area (Å²) in [5.41, 5.74) is 5.45.